The minimum absolute atomic E-state index is 0.153. The molecule has 0 radical (unpaired) electrons. The number of carboxylic acids is 1. The van der Waals surface area contributed by atoms with Gasteiger partial charge in [-0.15, -0.1) is 11.3 Å². The van der Waals surface area contributed by atoms with Crippen LogP contribution in [-0.2, 0) is 4.79 Å². The molecule has 0 amide bonds. The molecule has 0 aliphatic rings. The topological polar surface area (TPSA) is 59.4 Å². The molecule has 3 rings (SSSR count). The molecule has 1 aromatic heterocycles. The molecule has 0 fully saturated rings. The molecule has 0 aliphatic carbocycles. The minimum Gasteiger partial charge on any atom is -0.497 e. The number of hydrogen-bond donors (Lipinski definition) is 1. The smallest absolute Gasteiger partial charge is 0.303 e. The van der Waals surface area contributed by atoms with Crippen LogP contribution in [0.4, 0.5) is 0 Å². The standard InChI is InChI=1S/C20H19NO3S/c1-24-16-8-4-6-14(13-16)12-15(7-5-11-19(22)23)20-21-17-9-2-3-10-18(17)25-20/h2-4,6,8-10,12-13H,5,7,11H2,1H3,(H,22,23)/b15-12+. The molecule has 0 saturated heterocycles. The summed E-state index contributed by atoms with van der Waals surface area (Å²) in [5, 5.41) is 9.86. The predicted molar refractivity (Wildman–Crippen MR) is 102 cm³/mol. The van der Waals surface area contributed by atoms with Crippen molar-refractivity contribution in [2.45, 2.75) is 19.3 Å². The van der Waals surface area contributed by atoms with Crippen LogP contribution in [0.15, 0.2) is 48.5 Å². The normalized spacial score (nSPS) is 11.6. The quantitative estimate of drug-likeness (QED) is 0.642. The molecule has 1 heterocycles. The molecule has 0 atom stereocenters. The van der Waals surface area contributed by atoms with Crippen molar-refractivity contribution in [3.8, 4) is 5.75 Å². The van der Waals surface area contributed by atoms with Gasteiger partial charge in [-0.05, 0) is 54.3 Å². The molecule has 0 unspecified atom stereocenters. The van der Waals surface area contributed by atoms with Crippen LogP contribution >= 0.6 is 11.3 Å². The van der Waals surface area contributed by atoms with Crippen molar-refractivity contribution >= 4 is 39.2 Å². The van der Waals surface area contributed by atoms with E-state index < -0.39 is 5.97 Å². The lowest BCUT2D eigenvalue weighted by atomic mass is 10.1. The van der Waals surface area contributed by atoms with E-state index in [0.717, 1.165) is 32.1 Å². The molecule has 0 spiro atoms. The zero-order valence-electron chi connectivity index (χ0n) is 13.9. The highest BCUT2D eigenvalue weighted by molar-refractivity contribution is 7.19. The van der Waals surface area contributed by atoms with E-state index in [-0.39, 0.29) is 6.42 Å². The van der Waals surface area contributed by atoms with Crippen LogP contribution in [-0.4, -0.2) is 23.2 Å². The molecule has 25 heavy (non-hydrogen) atoms. The molecule has 128 valence electrons. The van der Waals surface area contributed by atoms with Crippen LogP contribution in [0, 0.1) is 0 Å². The van der Waals surface area contributed by atoms with Gasteiger partial charge in [-0.1, -0.05) is 24.3 Å². The summed E-state index contributed by atoms with van der Waals surface area (Å²) in [6, 6.07) is 15.8. The molecular formula is C20H19NO3S. The molecule has 4 nitrogen and oxygen atoms in total. The maximum atomic E-state index is 10.9. The van der Waals surface area contributed by atoms with Gasteiger partial charge in [0, 0.05) is 6.42 Å². The SMILES string of the molecule is COc1cccc(/C=C(\CCCC(=O)O)c2nc3ccccc3s2)c1. The Morgan fingerprint density at radius 3 is 2.80 bits per heavy atom. The molecular weight excluding hydrogens is 334 g/mol. The highest BCUT2D eigenvalue weighted by Gasteiger charge is 2.10. The zero-order chi connectivity index (χ0) is 17.6. The first-order valence-electron chi connectivity index (χ1n) is 8.08. The van der Waals surface area contributed by atoms with Crippen molar-refractivity contribution in [3.05, 3.63) is 59.1 Å². The summed E-state index contributed by atoms with van der Waals surface area (Å²) in [5.41, 5.74) is 3.04. The van der Waals surface area contributed by atoms with Crippen molar-refractivity contribution in [2.24, 2.45) is 0 Å². The van der Waals surface area contributed by atoms with Crippen molar-refractivity contribution in [3.63, 3.8) is 0 Å². The lowest BCUT2D eigenvalue weighted by Crippen LogP contribution is -1.94. The summed E-state index contributed by atoms with van der Waals surface area (Å²) in [4.78, 5) is 15.6. The second-order valence-corrected chi connectivity index (χ2v) is 6.71. The Hall–Kier alpha value is -2.66. The number of fused-ring (bicyclic) bond motifs is 1. The van der Waals surface area contributed by atoms with Gasteiger partial charge in [-0.2, -0.15) is 0 Å². The molecule has 3 aromatic rings. The van der Waals surface area contributed by atoms with Gasteiger partial charge in [-0.3, -0.25) is 4.79 Å². The second kappa shape index (κ2) is 7.94. The predicted octanol–water partition coefficient (Wildman–Crippen LogP) is 5.10. The van der Waals surface area contributed by atoms with E-state index in [2.05, 4.69) is 12.1 Å². The second-order valence-electron chi connectivity index (χ2n) is 5.68. The summed E-state index contributed by atoms with van der Waals surface area (Å²) in [6.45, 7) is 0. The third-order valence-corrected chi connectivity index (χ3v) is 4.95. The molecule has 1 N–H and O–H groups in total. The maximum Gasteiger partial charge on any atom is 0.303 e. The van der Waals surface area contributed by atoms with Gasteiger partial charge in [0.05, 0.1) is 17.3 Å². The number of carboxylic acid groups (broad SMARTS) is 1. The van der Waals surface area contributed by atoms with Crippen LogP contribution in [0.5, 0.6) is 5.75 Å². The van der Waals surface area contributed by atoms with Gasteiger partial charge in [0.15, 0.2) is 0 Å². The van der Waals surface area contributed by atoms with Crippen molar-refractivity contribution in [1.29, 1.82) is 0 Å². The number of carbonyl (C=O) groups is 1. The zero-order valence-corrected chi connectivity index (χ0v) is 14.8. The monoisotopic (exact) mass is 353 g/mol. The highest BCUT2D eigenvalue weighted by Crippen LogP contribution is 2.31. The fourth-order valence-electron chi connectivity index (χ4n) is 2.61. The third kappa shape index (κ3) is 4.45. The molecule has 2 aromatic carbocycles. The lowest BCUT2D eigenvalue weighted by Gasteiger charge is -2.05. The molecule has 0 aliphatic heterocycles. The molecule has 0 saturated carbocycles. The fraction of sp³-hybridized carbons (Fsp3) is 0.200. The number of para-hydroxylation sites is 1. The largest absolute Gasteiger partial charge is 0.497 e. The van der Waals surface area contributed by atoms with Gasteiger partial charge < -0.3 is 9.84 Å². The lowest BCUT2D eigenvalue weighted by molar-refractivity contribution is -0.137. The Morgan fingerprint density at radius 2 is 2.04 bits per heavy atom. The average Bonchev–Trinajstić information content (AvgIpc) is 3.05. The maximum absolute atomic E-state index is 10.9. The van der Waals surface area contributed by atoms with Crippen molar-refractivity contribution in [2.75, 3.05) is 7.11 Å². The van der Waals surface area contributed by atoms with E-state index in [4.69, 9.17) is 14.8 Å². The number of methoxy groups -OCH3 is 1. The van der Waals surface area contributed by atoms with Gasteiger partial charge in [0.25, 0.3) is 0 Å². The minimum atomic E-state index is -0.773. The summed E-state index contributed by atoms with van der Waals surface area (Å²) >= 11 is 1.64. The van der Waals surface area contributed by atoms with Crippen LogP contribution in [0.2, 0.25) is 0 Å². The van der Waals surface area contributed by atoms with Gasteiger partial charge in [0.1, 0.15) is 10.8 Å². The van der Waals surface area contributed by atoms with E-state index in [9.17, 15) is 4.79 Å². The van der Waals surface area contributed by atoms with Crippen molar-refractivity contribution < 1.29 is 14.6 Å². The van der Waals surface area contributed by atoms with E-state index in [1.807, 2.05) is 42.5 Å². The first kappa shape index (κ1) is 17.2. The Kier molecular flexibility index (Phi) is 5.46. The summed E-state index contributed by atoms with van der Waals surface area (Å²) in [6.07, 6.45) is 3.48. The number of aliphatic carboxylic acids is 1. The van der Waals surface area contributed by atoms with Gasteiger partial charge >= 0.3 is 5.97 Å². The number of benzene rings is 2. The van der Waals surface area contributed by atoms with Gasteiger partial charge in [0.2, 0.25) is 0 Å². The Bertz CT molecular complexity index is 881. The van der Waals surface area contributed by atoms with Crippen LogP contribution < -0.4 is 4.74 Å². The average molecular weight is 353 g/mol. The number of hydrogen-bond acceptors (Lipinski definition) is 4. The fourth-order valence-corrected chi connectivity index (χ4v) is 3.62. The Morgan fingerprint density at radius 1 is 1.20 bits per heavy atom. The number of thiazole rings is 1. The third-order valence-electron chi connectivity index (χ3n) is 3.84. The molecule has 5 heteroatoms. The van der Waals surface area contributed by atoms with E-state index >= 15 is 0 Å². The van der Waals surface area contributed by atoms with Crippen LogP contribution in [0.25, 0.3) is 21.9 Å². The van der Waals surface area contributed by atoms with Crippen LogP contribution in [0.1, 0.15) is 29.8 Å². The number of allylic oxidation sites excluding steroid dienone is 1. The van der Waals surface area contributed by atoms with E-state index in [1.165, 1.54) is 0 Å². The summed E-state index contributed by atoms with van der Waals surface area (Å²) < 4.78 is 6.41. The van der Waals surface area contributed by atoms with E-state index in [0.29, 0.717) is 12.8 Å². The first-order chi connectivity index (χ1) is 12.2. The number of aromatic nitrogens is 1. The summed E-state index contributed by atoms with van der Waals surface area (Å²) in [5.74, 6) is 0.0213. The summed E-state index contributed by atoms with van der Waals surface area (Å²) in [7, 11) is 1.64. The molecule has 0 bridgehead atoms. The van der Waals surface area contributed by atoms with Crippen LogP contribution in [0.3, 0.4) is 0 Å². The Balaban J connectivity index is 1.95. The number of rotatable bonds is 7. The highest BCUT2D eigenvalue weighted by atomic mass is 32.1. The van der Waals surface area contributed by atoms with Gasteiger partial charge in [-0.25, -0.2) is 4.98 Å². The number of nitrogens with zero attached hydrogens (tertiary/aromatic N) is 1. The Labute approximate surface area is 150 Å². The van der Waals surface area contributed by atoms with Crippen molar-refractivity contribution in [1.82, 2.24) is 4.98 Å². The first-order valence-corrected chi connectivity index (χ1v) is 8.90. The number of ether oxygens (including phenoxy) is 1. The van der Waals surface area contributed by atoms with E-state index in [1.54, 1.807) is 18.4 Å².